The number of carbonyl (C=O) groups excluding carboxylic acids is 3. The molecular formula is C26H23F2N7O3. The number of alkyl halides is 1. The fourth-order valence-corrected chi connectivity index (χ4v) is 4.47. The van der Waals surface area contributed by atoms with Crippen molar-refractivity contribution in [2.45, 2.75) is 39.0 Å². The first-order chi connectivity index (χ1) is 18.2. The number of pyridine rings is 1. The highest BCUT2D eigenvalue weighted by Crippen LogP contribution is 2.28. The molecule has 1 aliphatic heterocycles. The smallest absolute Gasteiger partial charge is 0.248 e. The van der Waals surface area contributed by atoms with Gasteiger partial charge in [-0.2, -0.15) is 5.10 Å². The standard InChI is InChI=1S/C26H23F2N7O3/c1-14(36)25-20-7-16(17-9-29-15(2)30-10-17)3-5-21(20)35(33-25)13-24(37)34-12-19(28)8-22(34)26(38)32-23-6-4-18(27)11-31-23/h3-7,9-11,19,22H,8,12-13H2,1-2H3,(H,31,32,38)/t19-,22+/m1/s1. The van der Waals surface area contributed by atoms with Crippen LogP contribution in [0.3, 0.4) is 0 Å². The van der Waals surface area contributed by atoms with Gasteiger partial charge < -0.3 is 10.2 Å². The lowest BCUT2D eigenvalue weighted by Crippen LogP contribution is -2.44. The van der Waals surface area contributed by atoms with Gasteiger partial charge in [0.2, 0.25) is 11.8 Å². The van der Waals surface area contributed by atoms with Crippen molar-refractivity contribution in [3.8, 4) is 11.1 Å². The largest absolute Gasteiger partial charge is 0.326 e. The highest BCUT2D eigenvalue weighted by Gasteiger charge is 2.40. The summed E-state index contributed by atoms with van der Waals surface area (Å²) in [5.41, 5.74) is 2.25. The Bertz CT molecular complexity index is 1540. The molecule has 1 saturated heterocycles. The number of amides is 2. The molecule has 3 aromatic heterocycles. The number of nitrogens with zero attached hydrogens (tertiary/aromatic N) is 6. The van der Waals surface area contributed by atoms with Gasteiger partial charge in [-0.15, -0.1) is 0 Å². The Balaban J connectivity index is 1.40. The van der Waals surface area contributed by atoms with Crippen LogP contribution in [0, 0.1) is 12.7 Å². The Morgan fingerprint density at radius 1 is 1.05 bits per heavy atom. The summed E-state index contributed by atoms with van der Waals surface area (Å²) in [6.45, 7) is 2.60. The van der Waals surface area contributed by atoms with Crippen LogP contribution in [0.2, 0.25) is 0 Å². The van der Waals surface area contributed by atoms with Crippen molar-refractivity contribution in [1.82, 2.24) is 29.6 Å². The number of carbonyl (C=O) groups is 3. The summed E-state index contributed by atoms with van der Waals surface area (Å²) in [7, 11) is 0. The SMILES string of the molecule is CC(=O)c1nn(CC(=O)N2C[C@H](F)C[C@H]2C(=O)Nc2ccc(F)cn2)c2ccc(-c3cnc(C)nc3)cc12. The Morgan fingerprint density at radius 2 is 1.82 bits per heavy atom. The molecule has 10 nitrogen and oxygen atoms in total. The lowest BCUT2D eigenvalue weighted by molar-refractivity contribution is -0.137. The van der Waals surface area contributed by atoms with Gasteiger partial charge in [-0.1, -0.05) is 6.07 Å². The molecule has 4 aromatic rings. The second-order valence-corrected chi connectivity index (χ2v) is 9.06. The first-order valence-corrected chi connectivity index (χ1v) is 11.9. The summed E-state index contributed by atoms with van der Waals surface area (Å²) in [5, 5.41) is 7.41. The summed E-state index contributed by atoms with van der Waals surface area (Å²) in [4.78, 5) is 51.8. The molecule has 0 aliphatic carbocycles. The molecule has 0 spiro atoms. The highest BCUT2D eigenvalue weighted by atomic mass is 19.1. The van der Waals surface area contributed by atoms with Crippen LogP contribution in [0.1, 0.15) is 29.7 Å². The number of Topliss-reactive ketones (excluding diaryl/α,β-unsaturated/α-hetero) is 1. The predicted molar refractivity (Wildman–Crippen MR) is 133 cm³/mol. The van der Waals surface area contributed by atoms with E-state index in [9.17, 15) is 23.2 Å². The fraction of sp³-hybridized carbons (Fsp3) is 0.269. The maximum Gasteiger partial charge on any atom is 0.248 e. The number of benzene rings is 1. The number of halogens is 2. The molecule has 0 saturated carbocycles. The first kappa shape index (κ1) is 25.1. The van der Waals surface area contributed by atoms with Crippen LogP contribution in [-0.2, 0) is 16.1 Å². The molecule has 2 atom stereocenters. The van der Waals surface area contributed by atoms with Crippen molar-refractivity contribution >= 4 is 34.3 Å². The predicted octanol–water partition coefficient (Wildman–Crippen LogP) is 3.12. The third-order valence-electron chi connectivity index (χ3n) is 6.33. The number of likely N-dealkylation sites (tertiary alicyclic amines) is 1. The molecule has 0 radical (unpaired) electrons. The summed E-state index contributed by atoms with van der Waals surface area (Å²) < 4.78 is 28.9. The van der Waals surface area contributed by atoms with E-state index in [4.69, 9.17) is 0 Å². The maximum atomic E-state index is 14.4. The number of hydrogen-bond donors (Lipinski definition) is 1. The van der Waals surface area contributed by atoms with E-state index in [1.165, 1.54) is 17.7 Å². The fourth-order valence-electron chi connectivity index (χ4n) is 4.47. The van der Waals surface area contributed by atoms with Gasteiger partial charge in [0.15, 0.2) is 5.78 Å². The minimum absolute atomic E-state index is 0.0880. The van der Waals surface area contributed by atoms with Crippen molar-refractivity contribution in [2.24, 2.45) is 0 Å². The third kappa shape index (κ3) is 4.97. The Labute approximate surface area is 215 Å². The molecule has 38 heavy (non-hydrogen) atoms. The normalized spacial score (nSPS) is 17.1. The number of rotatable bonds is 6. The van der Waals surface area contributed by atoms with Gasteiger partial charge >= 0.3 is 0 Å². The van der Waals surface area contributed by atoms with Gasteiger partial charge in [0.1, 0.15) is 41.9 Å². The van der Waals surface area contributed by atoms with Crippen LogP contribution in [0.15, 0.2) is 48.9 Å². The van der Waals surface area contributed by atoms with Gasteiger partial charge in [-0.25, -0.2) is 23.7 Å². The van der Waals surface area contributed by atoms with Crippen LogP contribution in [0.25, 0.3) is 22.0 Å². The molecule has 0 unspecified atom stereocenters. The maximum absolute atomic E-state index is 14.4. The number of ketones is 1. The number of fused-ring (bicyclic) bond motifs is 1. The third-order valence-corrected chi connectivity index (χ3v) is 6.33. The van der Waals surface area contributed by atoms with E-state index in [0.717, 1.165) is 28.3 Å². The van der Waals surface area contributed by atoms with E-state index in [-0.39, 0.29) is 36.8 Å². The zero-order valence-electron chi connectivity index (χ0n) is 20.6. The lowest BCUT2D eigenvalue weighted by Gasteiger charge is -2.23. The number of aryl methyl sites for hydroxylation is 1. The van der Waals surface area contributed by atoms with E-state index in [2.05, 4.69) is 25.4 Å². The molecule has 12 heteroatoms. The molecule has 0 bridgehead atoms. The molecular weight excluding hydrogens is 496 g/mol. The van der Waals surface area contributed by atoms with Crippen molar-refractivity contribution in [3.63, 3.8) is 0 Å². The number of anilines is 1. The molecule has 5 rings (SSSR count). The Morgan fingerprint density at radius 3 is 2.50 bits per heavy atom. The van der Waals surface area contributed by atoms with E-state index in [1.54, 1.807) is 31.5 Å². The van der Waals surface area contributed by atoms with Crippen molar-refractivity contribution < 1.29 is 23.2 Å². The zero-order valence-corrected chi connectivity index (χ0v) is 20.6. The lowest BCUT2D eigenvalue weighted by atomic mass is 10.0. The van der Waals surface area contributed by atoms with Crippen LogP contribution < -0.4 is 5.32 Å². The second kappa shape index (κ2) is 10.0. The summed E-state index contributed by atoms with van der Waals surface area (Å²) in [6.07, 6.45) is 2.73. The summed E-state index contributed by atoms with van der Waals surface area (Å²) in [6, 6.07) is 6.66. The number of aromatic nitrogens is 5. The van der Waals surface area contributed by atoms with Crippen molar-refractivity contribution in [1.29, 1.82) is 0 Å². The minimum Gasteiger partial charge on any atom is -0.326 e. The molecule has 1 fully saturated rings. The van der Waals surface area contributed by atoms with Gasteiger partial charge in [0, 0.05) is 36.7 Å². The number of nitrogens with one attached hydrogen (secondary N) is 1. The van der Waals surface area contributed by atoms with Gasteiger partial charge in [0.05, 0.1) is 18.3 Å². The topological polar surface area (TPSA) is 123 Å². The van der Waals surface area contributed by atoms with E-state index in [0.29, 0.717) is 16.7 Å². The molecule has 194 valence electrons. The van der Waals surface area contributed by atoms with Crippen LogP contribution >= 0.6 is 0 Å². The monoisotopic (exact) mass is 519 g/mol. The molecule has 1 aliphatic rings. The second-order valence-electron chi connectivity index (χ2n) is 9.06. The molecule has 4 heterocycles. The van der Waals surface area contributed by atoms with Gasteiger partial charge in [0.25, 0.3) is 0 Å². The van der Waals surface area contributed by atoms with E-state index >= 15 is 0 Å². The summed E-state index contributed by atoms with van der Waals surface area (Å²) >= 11 is 0. The first-order valence-electron chi connectivity index (χ1n) is 11.9. The van der Waals surface area contributed by atoms with Gasteiger partial charge in [-0.3, -0.25) is 19.1 Å². The minimum atomic E-state index is -1.39. The average molecular weight is 520 g/mol. The van der Waals surface area contributed by atoms with Crippen LogP contribution in [-0.4, -0.2) is 66.0 Å². The van der Waals surface area contributed by atoms with E-state index in [1.807, 2.05) is 6.07 Å². The zero-order chi connectivity index (χ0) is 27.0. The number of hydrogen-bond acceptors (Lipinski definition) is 7. The summed E-state index contributed by atoms with van der Waals surface area (Å²) in [5.74, 6) is -1.30. The van der Waals surface area contributed by atoms with Crippen LogP contribution in [0.5, 0.6) is 0 Å². The Hall–Kier alpha value is -4.61. The highest BCUT2D eigenvalue weighted by molar-refractivity contribution is 6.06. The van der Waals surface area contributed by atoms with Gasteiger partial charge in [-0.05, 0) is 36.8 Å². The average Bonchev–Trinajstić information content (AvgIpc) is 3.46. The van der Waals surface area contributed by atoms with Crippen molar-refractivity contribution in [3.05, 3.63) is 66.3 Å². The van der Waals surface area contributed by atoms with E-state index < -0.39 is 29.8 Å². The quantitative estimate of drug-likeness (QED) is 0.388. The molecule has 1 aromatic carbocycles. The molecule has 2 amide bonds. The Kier molecular flexibility index (Phi) is 6.62. The van der Waals surface area contributed by atoms with Crippen molar-refractivity contribution in [2.75, 3.05) is 11.9 Å². The molecule has 1 N–H and O–H groups in total. The van der Waals surface area contributed by atoms with Crippen LogP contribution in [0.4, 0.5) is 14.6 Å².